The van der Waals surface area contributed by atoms with E-state index >= 15 is 0 Å². The lowest BCUT2D eigenvalue weighted by Gasteiger charge is -2.34. The van der Waals surface area contributed by atoms with E-state index in [1.54, 1.807) is 11.8 Å². The zero-order chi connectivity index (χ0) is 17.2. The number of nitrogens with zero attached hydrogens (tertiary/aromatic N) is 4. The topological polar surface area (TPSA) is 41.4 Å². The Morgan fingerprint density at radius 1 is 1.26 bits per heavy atom. The van der Waals surface area contributed by atoms with Crippen LogP contribution in [0.2, 0.25) is 0 Å². The van der Waals surface area contributed by atoms with Crippen molar-refractivity contribution in [1.29, 1.82) is 0 Å². The molecule has 0 aliphatic carbocycles. The first-order valence-electron chi connectivity index (χ1n) is 7.54. The number of carbonyl (C=O) groups excluding carboxylic acids is 1. The maximum Gasteiger partial charge on any atom is 0.436 e. The van der Waals surface area contributed by atoms with Gasteiger partial charge in [0.15, 0.2) is 5.69 Å². The second-order valence-corrected chi connectivity index (χ2v) is 6.33. The van der Waals surface area contributed by atoms with Crippen LogP contribution in [0.1, 0.15) is 24.7 Å². The molecule has 2 heterocycles. The van der Waals surface area contributed by atoms with Gasteiger partial charge in [0.25, 0.3) is 0 Å². The molecule has 0 atom stereocenters. The van der Waals surface area contributed by atoms with Gasteiger partial charge in [0.1, 0.15) is 0 Å². The van der Waals surface area contributed by atoms with Crippen molar-refractivity contribution in [2.45, 2.75) is 33.0 Å². The van der Waals surface area contributed by atoms with Crippen LogP contribution in [-0.2, 0) is 17.5 Å². The number of alkyl halides is 3. The van der Waals surface area contributed by atoms with Crippen LogP contribution in [0.25, 0.3) is 0 Å². The van der Waals surface area contributed by atoms with Gasteiger partial charge in [0, 0.05) is 32.6 Å². The summed E-state index contributed by atoms with van der Waals surface area (Å²) in [7, 11) is 0. The van der Waals surface area contributed by atoms with E-state index < -0.39 is 11.9 Å². The van der Waals surface area contributed by atoms with Gasteiger partial charge in [-0.05, 0) is 29.4 Å². The molecule has 0 aromatic carbocycles. The first-order chi connectivity index (χ1) is 10.7. The minimum absolute atomic E-state index is 0.0414. The molecule has 2 rings (SSSR count). The fourth-order valence-electron chi connectivity index (χ4n) is 2.60. The first-order valence-corrected chi connectivity index (χ1v) is 8.33. The maximum absolute atomic E-state index is 12.8. The lowest BCUT2D eigenvalue weighted by molar-refractivity contribution is -0.142. The van der Waals surface area contributed by atoms with Gasteiger partial charge in [0.2, 0.25) is 5.91 Å². The van der Waals surface area contributed by atoms with Crippen molar-refractivity contribution in [3.8, 4) is 0 Å². The minimum atomic E-state index is -4.50. The van der Waals surface area contributed by atoms with Crippen molar-refractivity contribution in [2.24, 2.45) is 0 Å². The fraction of sp³-hybridized carbons (Fsp3) is 0.714. The normalized spacial score (nSPS) is 16.9. The van der Waals surface area contributed by atoms with Gasteiger partial charge in [-0.2, -0.15) is 18.3 Å². The molecule has 9 heteroatoms. The second kappa shape index (κ2) is 7.21. The number of likely N-dealkylation sites (N-methyl/N-ethyl adjacent to an activating group) is 1. The molecule has 1 saturated heterocycles. The number of halogens is 4. The third-order valence-electron chi connectivity index (χ3n) is 4.11. The number of hydrogen-bond acceptors (Lipinski definition) is 3. The van der Waals surface area contributed by atoms with Gasteiger partial charge in [-0.3, -0.25) is 9.48 Å². The highest BCUT2D eigenvalue weighted by molar-refractivity contribution is 9.10. The molecule has 23 heavy (non-hydrogen) atoms. The summed E-state index contributed by atoms with van der Waals surface area (Å²) in [6.07, 6.45) is -4.35. The van der Waals surface area contributed by atoms with Gasteiger partial charge in [-0.25, -0.2) is 0 Å². The Balaban J connectivity index is 1.95. The molecule has 130 valence electrons. The molecular weight excluding hydrogens is 377 g/mol. The molecule has 0 N–H and O–H groups in total. The predicted molar refractivity (Wildman–Crippen MR) is 83.0 cm³/mol. The van der Waals surface area contributed by atoms with E-state index in [0.29, 0.717) is 18.8 Å². The maximum atomic E-state index is 12.8. The largest absolute Gasteiger partial charge is 0.436 e. The SMILES string of the molecule is CCN1CCN(C(=O)CCn2nc(C(F)(F)F)c(Br)c2C)CC1. The van der Waals surface area contributed by atoms with E-state index in [-0.39, 0.29) is 23.3 Å². The second-order valence-electron chi connectivity index (χ2n) is 5.53. The van der Waals surface area contributed by atoms with E-state index in [9.17, 15) is 18.0 Å². The van der Waals surface area contributed by atoms with E-state index in [0.717, 1.165) is 19.6 Å². The Morgan fingerprint density at radius 2 is 1.87 bits per heavy atom. The Hall–Kier alpha value is -1.09. The van der Waals surface area contributed by atoms with Gasteiger partial charge >= 0.3 is 6.18 Å². The van der Waals surface area contributed by atoms with Gasteiger partial charge < -0.3 is 9.80 Å². The monoisotopic (exact) mass is 396 g/mol. The summed E-state index contributed by atoms with van der Waals surface area (Å²) in [5.41, 5.74) is -0.570. The van der Waals surface area contributed by atoms with Crippen LogP contribution in [0.3, 0.4) is 0 Å². The lowest BCUT2D eigenvalue weighted by Crippen LogP contribution is -2.48. The molecule has 0 spiro atoms. The van der Waals surface area contributed by atoms with Crippen molar-refractivity contribution >= 4 is 21.8 Å². The highest BCUT2D eigenvalue weighted by atomic mass is 79.9. The summed E-state index contributed by atoms with van der Waals surface area (Å²) in [6.45, 7) is 7.76. The third kappa shape index (κ3) is 4.26. The van der Waals surface area contributed by atoms with Crippen LogP contribution >= 0.6 is 15.9 Å². The Kier molecular flexibility index (Phi) is 5.72. The zero-order valence-electron chi connectivity index (χ0n) is 13.2. The number of carbonyl (C=O) groups is 1. The summed E-state index contributed by atoms with van der Waals surface area (Å²) < 4.78 is 39.6. The highest BCUT2D eigenvalue weighted by Crippen LogP contribution is 2.35. The smallest absolute Gasteiger partial charge is 0.340 e. The third-order valence-corrected chi connectivity index (χ3v) is 5.06. The molecular formula is C14H20BrF3N4O. The zero-order valence-corrected chi connectivity index (χ0v) is 14.7. The van der Waals surface area contributed by atoms with Crippen LogP contribution in [0, 0.1) is 6.92 Å². The number of hydrogen-bond donors (Lipinski definition) is 0. The molecule has 0 unspecified atom stereocenters. The summed E-state index contributed by atoms with van der Waals surface area (Å²) >= 11 is 2.93. The van der Waals surface area contributed by atoms with Crippen LogP contribution < -0.4 is 0 Å². The summed E-state index contributed by atoms with van der Waals surface area (Å²) in [5, 5.41) is 3.59. The summed E-state index contributed by atoms with van der Waals surface area (Å²) in [5.74, 6) is -0.0414. The number of amides is 1. The van der Waals surface area contributed by atoms with Crippen LogP contribution in [0.15, 0.2) is 4.47 Å². The number of aromatic nitrogens is 2. The average Bonchev–Trinajstić information content (AvgIpc) is 2.80. The minimum Gasteiger partial charge on any atom is -0.340 e. The van der Waals surface area contributed by atoms with Gasteiger partial charge in [0.05, 0.1) is 16.7 Å². The van der Waals surface area contributed by atoms with Crippen molar-refractivity contribution in [3.63, 3.8) is 0 Å². The number of piperazine rings is 1. The van der Waals surface area contributed by atoms with E-state index in [1.807, 2.05) is 0 Å². The Bertz CT molecular complexity index is 565. The van der Waals surface area contributed by atoms with Gasteiger partial charge in [-0.15, -0.1) is 0 Å². The van der Waals surface area contributed by atoms with Crippen LogP contribution in [0.4, 0.5) is 13.2 Å². The molecule has 0 saturated carbocycles. The number of aryl methyl sites for hydroxylation is 1. The fourth-order valence-corrected chi connectivity index (χ4v) is 3.11. The van der Waals surface area contributed by atoms with Crippen LogP contribution in [0.5, 0.6) is 0 Å². The van der Waals surface area contributed by atoms with E-state index in [1.165, 1.54) is 4.68 Å². The lowest BCUT2D eigenvalue weighted by atomic mass is 10.2. The molecule has 1 aromatic rings. The van der Waals surface area contributed by atoms with Crippen molar-refractivity contribution < 1.29 is 18.0 Å². The van der Waals surface area contributed by atoms with Gasteiger partial charge in [-0.1, -0.05) is 6.92 Å². The highest BCUT2D eigenvalue weighted by Gasteiger charge is 2.38. The molecule has 1 fully saturated rings. The molecule has 1 aliphatic rings. The molecule has 1 amide bonds. The standard InChI is InChI=1S/C14H20BrF3N4O/c1-3-20-6-8-21(9-7-20)11(23)4-5-22-10(2)12(15)13(19-22)14(16,17)18/h3-9H2,1-2H3. The van der Waals surface area contributed by atoms with Crippen molar-refractivity contribution in [1.82, 2.24) is 19.6 Å². The van der Waals surface area contributed by atoms with E-state index in [2.05, 4.69) is 32.9 Å². The van der Waals surface area contributed by atoms with Crippen LogP contribution in [-0.4, -0.2) is 58.2 Å². The quantitative estimate of drug-likeness (QED) is 0.784. The van der Waals surface area contributed by atoms with E-state index in [4.69, 9.17) is 0 Å². The van der Waals surface area contributed by atoms with Crippen molar-refractivity contribution in [3.05, 3.63) is 15.9 Å². The molecule has 1 aromatic heterocycles. The molecule has 0 bridgehead atoms. The average molecular weight is 397 g/mol. The molecule has 1 aliphatic heterocycles. The Morgan fingerprint density at radius 3 is 2.35 bits per heavy atom. The Labute approximate surface area is 141 Å². The molecule has 0 radical (unpaired) electrons. The number of rotatable bonds is 4. The predicted octanol–water partition coefficient (Wildman–Crippen LogP) is 2.53. The molecule has 5 nitrogen and oxygen atoms in total. The summed E-state index contributed by atoms with van der Waals surface area (Å²) in [6, 6.07) is 0. The summed E-state index contributed by atoms with van der Waals surface area (Å²) in [4.78, 5) is 16.2. The van der Waals surface area contributed by atoms with Crippen molar-refractivity contribution in [2.75, 3.05) is 32.7 Å². The first kappa shape index (κ1) is 18.3.